The van der Waals surface area contributed by atoms with Crippen molar-refractivity contribution in [1.82, 2.24) is 5.32 Å². The Hall–Kier alpha value is 0.100. The van der Waals surface area contributed by atoms with Crippen LogP contribution in [0.1, 0.15) is 29.0 Å². The van der Waals surface area contributed by atoms with Gasteiger partial charge in [0, 0.05) is 33.4 Å². The third-order valence-electron chi connectivity index (χ3n) is 3.67. The van der Waals surface area contributed by atoms with Gasteiger partial charge >= 0.3 is 0 Å². The van der Waals surface area contributed by atoms with Crippen LogP contribution in [0.15, 0.2) is 10.5 Å². The van der Waals surface area contributed by atoms with Gasteiger partial charge in [-0.1, -0.05) is 0 Å². The molecular weight excluding hydrogens is 298 g/mol. The molecule has 17 heavy (non-hydrogen) atoms. The average Bonchev–Trinajstić information content (AvgIpc) is 2.96. The van der Waals surface area contributed by atoms with Gasteiger partial charge in [0.15, 0.2) is 0 Å². The number of nitrogens with one attached hydrogen (secondary N) is 1. The Morgan fingerprint density at radius 2 is 2.29 bits per heavy atom. The summed E-state index contributed by atoms with van der Waals surface area (Å²) in [5.41, 5.74) is 0. The highest BCUT2D eigenvalue weighted by molar-refractivity contribution is 9.10. The van der Waals surface area contributed by atoms with Crippen LogP contribution in [-0.4, -0.2) is 18.8 Å². The smallest absolute Gasteiger partial charge is 0.0757 e. The lowest BCUT2D eigenvalue weighted by Crippen LogP contribution is -2.36. The van der Waals surface area contributed by atoms with Crippen LogP contribution in [0.5, 0.6) is 0 Å². The maximum absolute atomic E-state index is 5.84. The first-order chi connectivity index (χ1) is 8.24. The summed E-state index contributed by atoms with van der Waals surface area (Å²) in [5.74, 6) is 0.840. The van der Waals surface area contributed by atoms with E-state index in [9.17, 15) is 0 Å². The van der Waals surface area contributed by atoms with E-state index in [1.54, 1.807) is 0 Å². The number of aryl methyl sites for hydroxylation is 1. The van der Waals surface area contributed by atoms with Crippen molar-refractivity contribution >= 4 is 27.3 Å². The molecule has 1 saturated heterocycles. The maximum Gasteiger partial charge on any atom is 0.0757 e. The Morgan fingerprint density at radius 3 is 2.94 bits per heavy atom. The molecule has 3 rings (SSSR count). The second-order valence-electron chi connectivity index (χ2n) is 5.07. The highest BCUT2D eigenvalue weighted by Gasteiger charge is 2.40. The molecule has 0 spiro atoms. The summed E-state index contributed by atoms with van der Waals surface area (Å²) in [6, 6.07) is 2.80. The molecule has 2 atom stereocenters. The average molecular weight is 316 g/mol. The summed E-state index contributed by atoms with van der Waals surface area (Å²) in [6.45, 7) is 4.07. The SMILES string of the molecule is Cc1sc(CNC2CCOC2C2CC2)cc1Br. The Labute approximate surface area is 115 Å². The molecule has 2 heterocycles. The molecule has 94 valence electrons. The molecular formula is C13H18BrNOS. The first kappa shape index (κ1) is 12.2. The summed E-state index contributed by atoms with van der Waals surface area (Å²) in [4.78, 5) is 2.78. The molecule has 2 fully saturated rings. The van der Waals surface area contributed by atoms with Crippen molar-refractivity contribution in [3.05, 3.63) is 20.3 Å². The molecule has 1 aromatic rings. The molecule has 0 amide bonds. The Kier molecular flexibility index (Phi) is 3.57. The lowest BCUT2D eigenvalue weighted by atomic mass is 10.1. The van der Waals surface area contributed by atoms with Crippen molar-refractivity contribution in [2.45, 2.75) is 44.9 Å². The molecule has 2 unspecified atom stereocenters. The quantitative estimate of drug-likeness (QED) is 0.918. The van der Waals surface area contributed by atoms with Crippen LogP contribution in [-0.2, 0) is 11.3 Å². The third-order valence-corrected chi connectivity index (χ3v) is 5.81. The van der Waals surface area contributed by atoms with Gasteiger partial charge in [0.1, 0.15) is 0 Å². The molecule has 1 aliphatic heterocycles. The minimum absolute atomic E-state index is 0.486. The van der Waals surface area contributed by atoms with E-state index < -0.39 is 0 Å². The second kappa shape index (κ2) is 5.00. The number of halogens is 1. The number of hydrogen-bond acceptors (Lipinski definition) is 3. The van der Waals surface area contributed by atoms with Crippen molar-refractivity contribution in [1.29, 1.82) is 0 Å². The Morgan fingerprint density at radius 1 is 1.47 bits per heavy atom. The first-order valence-electron chi connectivity index (χ1n) is 6.34. The highest BCUT2D eigenvalue weighted by Crippen LogP contribution is 2.39. The van der Waals surface area contributed by atoms with E-state index >= 15 is 0 Å². The van der Waals surface area contributed by atoms with Gasteiger partial charge in [-0.2, -0.15) is 0 Å². The van der Waals surface area contributed by atoms with Crippen LogP contribution >= 0.6 is 27.3 Å². The number of thiophene rings is 1. The van der Waals surface area contributed by atoms with Gasteiger partial charge in [-0.05, 0) is 54.1 Å². The second-order valence-corrected chi connectivity index (χ2v) is 7.26. The minimum atomic E-state index is 0.486. The molecule has 0 bridgehead atoms. The molecule has 1 N–H and O–H groups in total. The summed E-state index contributed by atoms with van der Waals surface area (Å²) >= 11 is 5.45. The predicted octanol–water partition coefficient (Wildman–Crippen LogP) is 3.48. The Bertz CT molecular complexity index is 383. The molecule has 4 heteroatoms. The van der Waals surface area contributed by atoms with Crippen molar-refractivity contribution in [2.24, 2.45) is 5.92 Å². The van der Waals surface area contributed by atoms with Gasteiger partial charge < -0.3 is 10.1 Å². The number of ether oxygens (including phenoxy) is 1. The van der Waals surface area contributed by atoms with E-state index in [1.807, 2.05) is 11.3 Å². The van der Waals surface area contributed by atoms with Gasteiger partial charge in [0.2, 0.25) is 0 Å². The van der Waals surface area contributed by atoms with Crippen LogP contribution in [0.3, 0.4) is 0 Å². The van der Waals surface area contributed by atoms with E-state index in [4.69, 9.17) is 4.74 Å². The fourth-order valence-electron chi connectivity index (χ4n) is 2.56. The van der Waals surface area contributed by atoms with E-state index in [1.165, 1.54) is 33.5 Å². The van der Waals surface area contributed by atoms with Gasteiger partial charge in [-0.3, -0.25) is 0 Å². The van der Waals surface area contributed by atoms with Gasteiger partial charge in [0.05, 0.1) is 6.10 Å². The molecule has 0 aromatic carbocycles. The lowest BCUT2D eigenvalue weighted by molar-refractivity contribution is 0.0809. The van der Waals surface area contributed by atoms with Gasteiger partial charge in [-0.25, -0.2) is 0 Å². The van der Waals surface area contributed by atoms with Crippen molar-refractivity contribution in [3.63, 3.8) is 0 Å². The monoisotopic (exact) mass is 315 g/mol. The van der Waals surface area contributed by atoms with Crippen molar-refractivity contribution in [2.75, 3.05) is 6.61 Å². The fraction of sp³-hybridized carbons (Fsp3) is 0.692. The topological polar surface area (TPSA) is 21.3 Å². The summed E-state index contributed by atoms with van der Waals surface area (Å²) in [5, 5.41) is 3.67. The minimum Gasteiger partial charge on any atom is -0.376 e. The van der Waals surface area contributed by atoms with Crippen LogP contribution in [0.25, 0.3) is 0 Å². The van der Waals surface area contributed by atoms with Crippen LogP contribution in [0.4, 0.5) is 0 Å². The zero-order valence-electron chi connectivity index (χ0n) is 10.0. The lowest BCUT2D eigenvalue weighted by Gasteiger charge is -2.18. The zero-order chi connectivity index (χ0) is 11.8. The van der Waals surface area contributed by atoms with E-state index in [0.717, 1.165) is 19.1 Å². The third kappa shape index (κ3) is 2.75. The van der Waals surface area contributed by atoms with Crippen molar-refractivity contribution in [3.8, 4) is 0 Å². The van der Waals surface area contributed by atoms with Gasteiger partial charge in [0.25, 0.3) is 0 Å². The molecule has 1 aromatic heterocycles. The van der Waals surface area contributed by atoms with E-state index in [-0.39, 0.29) is 0 Å². The molecule has 2 nitrogen and oxygen atoms in total. The molecule has 1 saturated carbocycles. The van der Waals surface area contributed by atoms with E-state index in [2.05, 4.69) is 34.2 Å². The molecule has 1 aliphatic carbocycles. The summed E-state index contributed by atoms with van der Waals surface area (Å²) < 4.78 is 7.08. The predicted molar refractivity (Wildman–Crippen MR) is 74.5 cm³/mol. The van der Waals surface area contributed by atoms with E-state index in [0.29, 0.717) is 12.1 Å². The van der Waals surface area contributed by atoms with Crippen molar-refractivity contribution < 1.29 is 4.74 Å². The largest absolute Gasteiger partial charge is 0.376 e. The first-order valence-corrected chi connectivity index (χ1v) is 7.95. The number of hydrogen-bond donors (Lipinski definition) is 1. The highest BCUT2D eigenvalue weighted by atomic mass is 79.9. The number of rotatable bonds is 4. The summed E-state index contributed by atoms with van der Waals surface area (Å²) in [6.07, 6.45) is 4.39. The van der Waals surface area contributed by atoms with Crippen LogP contribution in [0, 0.1) is 12.8 Å². The maximum atomic E-state index is 5.84. The Balaban J connectivity index is 1.56. The van der Waals surface area contributed by atoms with Crippen LogP contribution < -0.4 is 5.32 Å². The zero-order valence-corrected chi connectivity index (χ0v) is 12.4. The molecule has 0 radical (unpaired) electrons. The fourth-order valence-corrected chi connectivity index (χ4v) is 4.11. The summed E-state index contributed by atoms with van der Waals surface area (Å²) in [7, 11) is 0. The molecule has 2 aliphatic rings. The van der Waals surface area contributed by atoms with Crippen LogP contribution in [0.2, 0.25) is 0 Å². The van der Waals surface area contributed by atoms with Gasteiger partial charge in [-0.15, -0.1) is 11.3 Å². The normalized spacial score (nSPS) is 28.8. The standard InChI is InChI=1S/C13H18BrNOS/c1-8-11(14)6-10(17-8)7-15-12-4-5-16-13(12)9-2-3-9/h6,9,12-13,15H,2-5,7H2,1H3.